The average molecular weight is 386 g/mol. The topological polar surface area (TPSA) is 83.0 Å². The van der Waals surface area contributed by atoms with Crippen LogP contribution < -0.4 is 10.2 Å². The Morgan fingerprint density at radius 3 is 3.04 bits per heavy atom. The van der Waals surface area contributed by atoms with E-state index in [2.05, 4.69) is 15.4 Å². The Morgan fingerprint density at radius 1 is 1.41 bits per heavy atom. The number of nitrogens with zero attached hydrogens (tertiary/aromatic N) is 3. The number of rotatable bonds is 5. The van der Waals surface area contributed by atoms with Crippen LogP contribution in [-0.4, -0.2) is 39.7 Å². The van der Waals surface area contributed by atoms with E-state index in [1.54, 1.807) is 28.9 Å². The molecule has 0 bridgehead atoms. The van der Waals surface area contributed by atoms with Crippen LogP contribution in [0, 0.1) is 5.92 Å². The smallest absolute Gasteiger partial charge is 0.240 e. The molecule has 1 aliphatic heterocycles. The lowest BCUT2D eigenvalue weighted by Gasteiger charge is -2.13. The van der Waals surface area contributed by atoms with Gasteiger partial charge in [0.05, 0.1) is 0 Å². The molecule has 2 aromatic heterocycles. The van der Waals surface area contributed by atoms with E-state index in [-0.39, 0.29) is 11.8 Å². The molecule has 27 heavy (non-hydrogen) atoms. The normalized spacial score (nSPS) is 17.0. The van der Waals surface area contributed by atoms with Gasteiger partial charge >= 0.3 is 0 Å². The standard InChI is InChI=1S/C19H20ClN5O2/c1-24-8-6-17(23-24)25-9-5-14(19(25)27)18(26)21-7-4-12-11-22-16-3-2-13(20)10-15(12)16/h2-3,6,8,10-11,14,22H,4-5,7,9H2,1H3,(H,21,26). The number of benzene rings is 1. The summed E-state index contributed by atoms with van der Waals surface area (Å²) >= 11 is 6.07. The van der Waals surface area contributed by atoms with Gasteiger partial charge in [-0.05, 0) is 36.6 Å². The van der Waals surface area contributed by atoms with Crippen LogP contribution in [0.1, 0.15) is 12.0 Å². The Labute approximate surface area is 161 Å². The van der Waals surface area contributed by atoms with E-state index in [4.69, 9.17) is 11.6 Å². The Hall–Kier alpha value is -2.80. The third-order valence-corrected chi connectivity index (χ3v) is 5.16. The lowest BCUT2D eigenvalue weighted by atomic mass is 10.1. The van der Waals surface area contributed by atoms with Gasteiger partial charge in [0.1, 0.15) is 5.92 Å². The van der Waals surface area contributed by atoms with E-state index < -0.39 is 5.92 Å². The molecular weight excluding hydrogens is 366 g/mol. The van der Waals surface area contributed by atoms with Crippen LogP contribution in [-0.2, 0) is 23.1 Å². The summed E-state index contributed by atoms with van der Waals surface area (Å²) in [6.07, 6.45) is 4.88. The van der Waals surface area contributed by atoms with Crippen molar-refractivity contribution >= 4 is 40.1 Å². The van der Waals surface area contributed by atoms with E-state index in [0.717, 1.165) is 16.5 Å². The van der Waals surface area contributed by atoms with Gasteiger partial charge in [0, 0.05) is 54.5 Å². The molecule has 3 aromatic rings. The van der Waals surface area contributed by atoms with Crippen LogP contribution in [0.15, 0.2) is 36.7 Å². The fraction of sp³-hybridized carbons (Fsp3) is 0.316. The number of fused-ring (bicyclic) bond motifs is 1. The Kier molecular flexibility index (Phi) is 4.61. The first-order valence-electron chi connectivity index (χ1n) is 8.87. The predicted molar refractivity (Wildman–Crippen MR) is 104 cm³/mol. The predicted octanol–water partition coefficient (Wildman–Crippen LogP) is 2.27. The molecule has 3 heterocycles. The van der Waals surface area contributed by atoms with Crippen LogP contribution in [0.3, 0.4) is 0 Å². The molecule has 1 atom stereocenters. The zero-order valence-corrected chi connectivity index (χ0v) is 15.7. The first-order chi connectivity index (χ1) is 13.0. The van der Waals surface area contributed by atoms with Crippen LogP contribution in [0.4, 0.5) is 5.82 Å². The number of anilines is 1. The number of aryl methyl sites for hydroxylation is 1. The SMILES string of the molecule is Cn1ccc(N2CCC(C(=O)NCCc3c[nH]c4ccc(Cl)cc34)C2=O)n1. The average Bonchev–Trinajstić information content (AvgIpc) is 3.34. The summed E-state index contributed by atoms with van der Waals surface area (Å²) in [6.45, 7) is 0.973. The summed E-state index contributed by atoms with van der Waals surface area (Å²) in [5, 5.41) is 8.87. The van der Waals surface area contributed by atoms with Crippen molar-refractivity contribution in [2.75, 3.05) is 18.0 Å². The van der Waals surface area contributed by atoms with Crippen molar-refractivity contribution in [2.45, 2.75) is 12.8 Å². The molecule has 0 saturated carbocycles. The molecule has 0 radical (unpaired) electrons. The number of nitrogens with one attached hydrogen (secondary N) is 2. The van der Waals surface area contributed by atoms with Crippen molar-refractivity contribution < 1.29 is 9.59 Å². The molecule has 0 spiro atoms. The number of aromatic nitrogens is 3. The first-order valence-corrected chi connectivity index (χ1v) is 9.25. The molecule has 1 aromatic carbocycles. The molecule has 0 aliphatic carbocycles. The number of H-pyrrole nitrogens is 1. The maximum absolute atomic E-state index is 12.6. The summed E-state index contributed by atoms with van der Waals surface area (Å²) in [5.41, 5.74) is 2.10. The molecule has 8 heteroatoms. The van der Waals surface area contributed by atoms with Gasteiger partial charge < -0.3 is 10.3 Å². The molecule has 2 amide bonds. The lowest BCUT2D eigenvalue weighted by molar-refractivity contribution is -0.132. The van der Waals surface area contributed by atoms with E-state index >= 15 is 0 Å². The van der Waals surface area contributed by atoms with Crippen molar-refractivity contribution in [3.8, 4) is 0 Å². The number of carbonyl (C=O) groups is 2. The molecule has 2 N–H and O–H groups in total. The molecule has 7 nitrogen and oxygen atoms in total. The molecule has 1 aliphatic rings. The second-order valence-corrected chi connectivity index (χ2v) is 7.16. The number of halogens is 1. The highest BCUT2D eigenvalue weighted by Crippen LogP contribution is 2.24. The van der Waals surface area contributed by atoms with Gasteiger partial charge in [-0.15, -0.1) is 0 Å². The third-order valence-electron chi connectivity index (χ3n) is 4.92. The van der Waals surface area contributed by atoms with Crippen molar-refractivity contribution in [3.63, 3.8) is 0 Å². The zero-order valence-electron chi connectivity index (χ0n) is 14.9. The summed E-state index contributed by atoms with van der Waals surface area (Å²) in [6, 6.07) is 7.46. The Morgan fingerprint density at radius 2 is 2.26 bits per heavy atom. The molecule has 1 fully saturated rings. The molecular formula is C19H20ClN5O2. The van der Waals surface area contributed by atoms with E-state index in [9.17, 15) is 9.59 Å². The Balaban J connectivity index is 1.35. The minimum atomic E-state index is -0.649. The number of hydrogen-bond acceptors (Lipinski definition) is 3. The van der Waals surface area contributed by atoms with Gasteiger partial charge in [-0.3, -0.25) is 19.2 Å². The van der Waals surface area contributed by atoms with Crippen LogP contribution >= 0.6 is 11.6 Å². The molecule has 1 unspecified atom stereocenters. The summed E-state index contributed by atoms with van der Waals surface area (Å²) in [7, 11) is 1.80. The summed E-state index contributed by atoms with van der Waals surface area (Å²) < 4.78 is 1.64. The molecule has 4 rings (SSSR count). The second kappa shape index (κ2) is 7.08. The van der Waals surface area contributed by atoms with E-state index in [1.807, 2.05) is 24.4 Å². The van der Waals surface area contributed by atoms with Crippen molar-refractivity contribution in [1.29, 1.82) is 0 Å². The van der Waals surface area contributed by atoms with Gasteiger partial charge in [0.2, 0.25) is 11.8 Å². The monoisotopic (exact) mass is 385 g/mol. The lowest BCUT2D eigenvalue weighted by Crippen LogP contribution is -2.37. The van der Waals surface area contributed by atoms with Crippen LogP contribution in [0.2, 0.25) is 5.02 Å². The van der Waals surface area contributed by atoms with E-state index in [1.165, 1.54) is 0 Å². The van der Waals surface area contributed by atoms with Gasteiger partial charge in [-0.25, -0.2) is 0 Å². The van der Waals surface area contributed by atoms with Crippen LogP contribution in [0.5, 0.6) is 0 Å². The van der Waals surface area contributed by atoms with Gasteiger partial charge in [-0.2, -0.15) is 5.10 Å². The fourth-order valence-corrected chi connectivity index (χ4v) is 3.67. The molecule has 1 saturated heterocycles. The number of hydrogen-bond donors (Lipinski definition) is 2. The fourth-order valence-electron chi connectivity index (χ4n) is 3.50. The van der Waals surface area contributed by atoms with Crippen LogP contribution in [0.25, 0.3) is 10.9 Å². The largest absolute Gasteiger partial charge is 0.361 e. The minimum Gasteiger partial charge on any atom is -0.361 e. The highest BCUT2D eigenvalue weighted by molar-refractivity contribution is 6.31. The minimum absolute atomic E-state index is 0.190. The Bertz CT molecular complexity index is 1010. The van der Waals surface area contributed by atoms with Gasteiger partial charge in [-0.1, -0.05) is 11.6 Å². The zero-order chi connectivity index (χ0) is 19.0. The maximum Gasteiger partial charge on any atom is 0.240 e. The van der Waals surface area contributed by atoms with Gasteiger partial charge in [0.15, 0.2) is 5.82 Å². The third kappa shape index (κ3) is 3.42. The molecule has 140 valence electrons. The second-order valence-electron chi connectivity index (χ2n) is 6.72. The quantitative estimate of drug-likeness (QED) is 0.661. The van der Waals surface area contributed by atoms with Crippen molar-refractivity contribution in [3.05, 3.63) is 47.2 Å². The van der Waals surface area contributed by atoms with Gasteiger partial charge in [0.25, 0.3) is 0 Å². The number of aromatic amines is 1. The number of carbonyl (C=O) groups excluding carboxylic acids is 2. The maximum atomic E-state index is 12.6. The van der Waals surface area contributed by atoms with E-state index in [0.29, 0.717) is 36.8 Å². The highest BCUT2D eigenvalue weighted by atomic mass is 35.5. The van der Waals surface area contributed by atoms with Crippen molar-refractivity contribution in [1.82, 2.24) is 20.1 Å². The number of amides is 2. The summed E-state index contributed by atoms with van der Waals surface area (Å²) in [5.74, 6) is -0.473. The highest BCUT2D eigenvalue weighted by Gasteiger charge is 2.38. The first kappa shape index (κ1) is 17.6. The van der Waals surface area contributed by atoms with Crippen molar-refractivity contribution in [2.24, 2.45) is 13.0 Å². The summed E-state index contributed by atoms with van der Waals surface area (Å²) in [4.78, 5) is 29.8.